The highest BCUT2D eigenvalue weighted by Crippen LogP contribution is 2.26. The fraction of sp³-hybridized carbons (Fsp3) is 0.636. The van der Waals surface area contributed by atoms with Crippen LogP contribution < -0.4 is 10.6 Å². The molecule has 2 aromatic heterocycles. The van der Waals surface area contributed by atoms with Crippen LogP contribution in [0.1, 0.15) is 63.0 Å². The Labute approximate surface area is 178 Å². The van der Waals surface area contributed by atoms with E-state index < -0.39 is 0 Å². The topological polar surface area (TPSA) is 65.7 Å². The Morgan fingerprint density at radius 3 is 2.72 bits per heavy atom. The lowest BCUT2D eigenvalue weighted by molar-refractivity contribution is 0.221. The molecule has 0 aliphatic carbocycles. The lowest BCUT2D eigenvalue weighted by atomic mass is 9.93. The van der Waals surface area contributed by atoms with Crippen molar-refractivity contribution >= 4 is 17.3 Å². The van der Waals surface area contributed by atoms with Crippen LogP contribution in [0.2, 0.25) is 0 Å². The molecule has 1 aliphatic rings. The summed E-state index contributed by atoms with van der Waals surface area (Å²) < 4.78 is 5.71. The number of hydrogen-bond acceptors (Lipinski definition) is 5. The quantitative estimate of drug-likeness (QED) is 0.503. The van der Waals surface area contributed by atoms with Crippen molar-refractivity contribution in [1.82, 2.24) is 20.5 Å². The second kappa shape index (κ2) is 10.3. The summed E-state index contributed by atoms with van der Waals surface area (Å²) in [6.45, 7) is 13.3. The van der Waals surface area contributed by atoms with E-state index in [1.165, 1.54) is 23.5 Å². The van der Waals surface area contributed by atoms with Crippen LogP contribution in [0.15, 0.2) is 33.2 Å². The van der Waals surface area contributed by atoms with Gasteiger partial charge in [-0.05, 0) is 45.0 Å². The number of aromatic nitrogens is 1. The van der Waals surface area contributed by atoms with Crippen LogP contribution >= 0.6 is 11.3 Å². The van der Waals surface area contributed by atoms with Crippen LogP contribution in [0.5, 0.6) is 0 Å². The van der Waals surface area contributed by atoms with E-state index in [-0.39, 0.29) is 11.5 Å². The van der Waals surface area contributed by atoms with Gasteiger partial charge in [-0.15, -0.1) is 11.3 Å². The molecular formula is C22H35N5OS. The SMILES string of the molecule is CCNC(=NCC(c1ccco1)N1CCCC1)NCCc1nc(C(C)(C)C)cs1. The maximum Gasteiger partial charge on any atom is 0.191 e. The van der Waals surface area contributed by atoms with Gasteiger partial charge in [0.1, 0.15) is 5.76 Å². The number of guanidine groups is 1. The number of nitrogens with zero attached hydrogens (tertiary/aromatic N) is 3. The Bertz CT molecular complexity index is 757. The molecule has 1 unspecified atom stereocenters. The second-order valence-corrected chi connectivity index (χ2v) is 9.49. The number of thiazole rings is 1. The molecule has 2 aromatic rings. The summed E-state index contributed by atoms with van der Waals surface area (Å²) in [5.74, 6) is 1.86. The Hall–Kier alpha value is -1.86. The number of rotatable bonds is 8. The van der Waals surface area contributed by atoms with Gasteiger partial charge >= 0.3 is 0 Å². The highest BCUT2D eigenvalue weighted by molar-refractivity contribution is 7.09. The molecule has 0 saturated carbocycles. The summed E-state index contributed by atoms with van der Waals surface area (Å²) in [5, 5.41) is 10.2. The molecule has 0 bridgehead atoms. The molecule has 3 heterocycles. The van der Waals surface area contributed by atoms with E-state index in [1.807, 2.05) is 6.07 Å². The van der Waals surface area contributed by atoms with Crippen molar-refractivity contribution in [3.05, 3.63) is 40.2 Å². The normalized spacial score (nSPS) is 16.9. The summed E-state index contributed by atoms with van der Waals surface area (Å²) in [6.07, 6.45) is 5.16. The Morgan fingerprint density at radius 2 is 2.10 bits per heavy atom. The minimum atomic E-state index is 0.106. The summed E-state index contributed by atoms with van der Waals surface area (Å²) >= 11 is 1.74. The largest absolute Gasteiger partial charge is 0.468 e. The first-order valence-corrected chi connectivity index (χ1v) is 11.6. The summed E-state index contributed by atoms with van der Waals surface area (Å²) in [6, 6.07) is 4.23. The zero-order valence-electron chi connectivity index (χ0n) is 18.2. The molecule has 2 N–H and O–H groups in total. The maximum atomic E-state index is 5.71. The van der Waals surface area contributed by atoms with E-state index in [0.29, 0.717) is 6.54 Å². The molecule has 160 valence electrons. The third-order valence-corrected chi connectivity index (χ3v) is 6.08. The van der Waals surface area contributed by atoms with Crippen LogP contribution in [0.4, 0.5) is 0 Å². The van der Waals surface area contributed by atoms with E-state index in [2.05, 4.69) is 54.7 Å². The van der Waals surface area contributed by atoms with E-state index in [9.17, 15) is 0 Å². The Kier molecular flexibility index (Phi) is 7.72. The molecule has 0 aromatic carbocycles. The van der Waals surface area contributed by atoms with Gasteiger partial charge in [0.2, 0.25) is 0 Å². The van der Waals surface area contributed by atoms with Gasteiger partial charge in [0, 0.05) is 30.3 Å². The number of aliphatic imine (C=N–C) groups is 1. The first kappa shape index (κ1) is 21.8. The minimum Gasteiger partial charge on any atom is -0.468 e. The van der Waals surface area contributed by atoms with Crippen molar-refractivity contribution in [3.63, 3.8) is 0 Å². The standard InChI is InChI=1S/C22H35N5OS/c1-5-23-21(24-11-10-20-26-19(16-29-20)22(2,3)4)25-15-17(18-9-8-14-28-18)27-12-6-7-13-27/h8-9,14,16-17H,5-7,10-13,15H2,1-4H3,(H2,23,24,25). The fourth-order valence-corrected chi connectivity index (χ4v) is 4.52. The lowest BCUT2D eigenvalue weighted by Crippen LogP contribution is -2.39. The van der Waals surface area contributed by atoms with E-state index >= 15 is 0 Å². The van der Waals surface area contributed by atoms with Gasteiger partial charge in [0.05, 0.1) is 29.6 Å². The third-order valence-electron chi connectivity index (χ3n) is 5.17. The molecule has 3 rings (SSSR count). The first-order valence-electron chi connectivity index (χ1n) is 10.7. The first-order chi connectivity index (χ1) is 14.0. The van der Waals surface area contributed by atoms with Crippen molar-refractivity contribution < 1.29 is 4.42 Å². The molecule has 0 radical (unpaired) electrons. The average molecular weight is 418 g/mol. The smallest absolute Gasteiger partial charge is 0.191 e. The molecule has 1 fully saturated rings. The van der Waals surface area contributed by atoms with E-state index in [0.717, 1.165) is 44.3 Å². The molecule has 0 spiro atoms. The van der Waals surface area contributed by atoms with Crippen LogP contribution in [0.25, 0.3) is 0 Å². The zero-order chi connectivity index (χ0) is 20.7. The predicted molar refractivity (Wildman–Crippen MR) is 121 cm³/mol. The molecule has 0 amide bonds. The molecule has 1 aliphatic heterocycles. The van der Waals surface area contributed by atoms with Gasteiger partial charge < -0.3 is 15.1 Å². The maximum absolute atomic E-state index is 5.71. The van der Waals surface area contributed by atoms with Gasteiger partial charge in [-0.3, -0.25) is 9.89 Å². The van der Waals surface area contributed by atoms with Crippen molar-refractivity contribution in [2.24, 2.45) is 4.99 Å². The lowest BCUT2D eigenvalue weighted by Gasteiger charge is -2.24. The molecule has 1 atom stereocenters. The van der Waals surface area contributed by atoms with Crippen LogP contribution in [-0.2, 0) is 11.8 Å². The van der Waals surface area contributed by atoms with Crippen molar-refractivity contribution in [3.8, 4) is 0 Å². The van der Waals surface area contributed by atoms with E-state index in [1.54, 1.807) is 17.6 Å². The second-order valence-electron chi connectivity index (χ2n) is 8.55. The average Bonchev–Trinajstić information content (AvgIpc) is 3.44. The highest BCUT2D eigenvalue weighted by Gasteiger charge is 2.25. The monoisotopic (exact) mass is 417 g/mol. The number of likely N-dealkylation sites (tertiary alicyclic amines) is 1. The molecule has 7 heteroatoms. The molecule has 1 saturated heterocycles. The molecule has 29 heavy (non-hydrogen) atoms. The van der Waals surface area contributed by atoms with Crippen LogP contribution in [-0.4, -0.2) is 48.6 Å². The van der Waals surface area contributed by atoms with Crippen LogP contribution in [0.3, 0.4) is 0 Å². The Morgan fingerprint density at radius 1 is 1.31 bits per heavy atom. The highest BCUT2D eigenvalue weighted by atomic mass is 32.1. The van der Waals surface area contributed by atoms with Crippen molar-refractivity contribution in [1.29, 1.82) is 0 Å². The van der Waals surface area contributed by atoms with Gasteiger partial charge in [0.15, 0.2) is 5.96 Å². The number of furan rings is 1. The Balaban J connectivity index is 1.57. The van der Waals surface area contributed by atoms with Gasteiger partial charge in [-0.25, -0.2) is 4.98 Å². The van der Waals surface area contributed by atoms with Crippen molar-refractivity contribution in [2.75, 3.05) is 32.7 Å². The van der Waals surface area contributed by atoms with Crippen molar-refractivity contribution in [2.45, 2.75) is 58.4 Å². The third kappa shape index (κ3) is 6.31. The predicted octanol–water partition coefficient (Wildman–Crippen LogP) is 3.97. The van der Waals surface area contributed by atoms with Gasteiger partial charge in [0.25, 0.3) is 0 Å². The van der Waals surface area contributed by atoms with Gasteiger partial charge in [-0.2, -0.15) is 0 Å². The summed E-state index contributed by atoms with van der Waals surface area (Å²) in [5.41, 5.74) is 1.28. The van der Waals surface area contributed by atoms with Crippen LogP contribution in [0, 0.1) is 0 Å². The summed E-state index contributed by atoms with van der Waals surface area (Å²) in [7, 11) is 0. The molecule has 6 nitrogen and oxygen atoms in total. The minimum absolute atomic E-state index is 0.106. The number of hydrogen-bond donors (Lipinski definition) is 2. The van der Waals surface area contributed by atoms with Gasteiger partial charge in [-0.1, -0.05) is 20.8 Å². The fourth-order valence-electron chi connectivity index (χ4n) is 3.50. The number of nitrogens with one attached hydrogen (secondary N) is 2. The van der Waals surface area contributed by atoms with E-state index in [4.69, 9.17) is 14.4 Å². The summed E-state index contributed by atoms with van der Waals surface area (Å²) in [4.78, 5) is 12.1. The zero-order valence-corrected chi connectivity index (χ0v) is 19.0. The molecular weight excluding hydrogens is 382 g/mol.